The summed E-state index contributed by atoms with van der Waals surface area (Å²) in [5.41, 5.74) is 5.79. The van der Waals surface area contributed by atoms with E-state index in [1.807, 2.05) is 0 Å². The molecular formula is C17H23N3O4. The van der Waals surface area contributed by atoms with Crippen LogP contribution in [0, 0.1) is 11.8 Å². The Labute approximate surface area is 141 Å². The molecule has 1 aromatic rings. The molecule has 3 N–H and O–H groups in total. The van der Waals surface area contributed by atoms with Crippen molar-refractivity contribution in [2.45, 2.75) is 20.3 Å². The van der Waals surface area contributed by atoms with E-state index < -0.39 is 12.0 Å². The zero-order valence-electron chi connectivity index (χ0n) is 14.0. The molecule has 1 aromatic carbocycles. The molecule has 1 aliphatic rings. The zero-order chi connectivity index (χ0) is 17.7. The fourth-order valence-corrected chi connectivity index (χ4v) is 3.00. The van der Waals surface area contributed by atoms with Crippen LogP contribution >= 0.6 is 0 Å². The third-order valence-electron chi connectivity index (χ3n) is 3.94. The van der Waals surface area contributed by atoms with E-state index in [1.54, 1.807) is 4.90 Å². The summed E-state index contributed by atoms with van der Waals surface area (Å²) in [6.45, 7) is 5.37. The molecular weight excluding hydrogens is 310 g/mol. The number of anilines is 1. The van der Waals surface area contributed by atoms with Gasteiger partial charge in [0, 0.05) is 18.8 Å². The largest absolute Gasteiger partial charge is 0.452 e. The molecule has 0 unspecified atom stereocenters. The molecule has 0 aromatic heterocycles. The van der Waals surface area contributed by atoms with Gasteiger partial charge in [0.1, 0.15) is 0 Å². The number of piperidine rings is 1. The van der Waals surface area contributed by atoms with Gasteiger partial charge in [-0.3, -0.25) is 4.79 Å². The van der Waals surface area contributed by atoms with E-state index in [2.05, 4.69) is 19.2 Å². The van der Waals surface area contributed by atoms with E-state index >= 15 is 0 Å². The summed E-state index contributed by atoms with van der Waals surface area (Å²) in [6.07, 6.45) is 1.11. The SMILES string of the molecule is C[C@@H]1C[C@@H](C)CN(C(=O)COC(=O)c2ccc(NC(N)=O)cc2)C1. The van der Waals surface area contributed by atoms with Gasteiger partial charge in [0.25, 0.3) is 5.91 Å². The van der Waals surface area contributed by atoms with Crippen LogP contribution in [0.15, 0.2) is 24.3 Å². The monoisotopic (exact) mass is 333 g/mol. The van der Waals surface area contributed by atoms with Crippen molar-refractivity contribution in [2.24, 2.45) is 17.6 Å². The maximum Gasteiger partial charge on any atom is 0.338 e. The first-order valence-electron chi connectivity index (χ1n) is 7.96. The van der Waals surface area contributed by atoms with Gasteiger partial charge in [-0.1, -0.05) is 13.8 Å². The first-order valence-corrected chi connectivity index (χ1v) is 7.96. The summed E-state index contributed by atoms with van der Waals surface area (Å²) < 4.78 is 5.09. The fourth-order valence-electron chi connectivity index (χ4n) is 3.00. The van der Waals surface area contributed by atoms with Crippen molar-refractivity contribution >= 4 is 23.6 Å². The second kappa shape index (κ2) is 7.81. The molecule has 1 saturated heterocycles. The van der Waals surface area contributed by atoms with Crippen LogP contribution < -0.4 is 11.1 Å². The van der Waals surface area contributed by atoms with Crippen molar-refractivity contribution in [3.05, 3.63) is 29.8 Å². The van der Waals surface area contributed by atoms with Crippen molar-refractivity contribution in [2.75, 3.05) is 25.0 Å². The van der Waals surface area contributed by atoms with Crippen LogP contribution in [0.3, 0.4) is 0 Å². The van der Waals surface area contributed by atoms with E-state index in [0.29, 0.717) is 36.2 Å². The second-order valence-electron chi connectivity index (χ2n) is 6.39. The average Bonchev–Trinajstić information content (AvgIpc) is 2.51. The van der Waals surface area contributed by atoms with E-state index in [4.69, 9.17) is 10.5 Å². The number of carbonyl (C=O) groups excluding carboxylic acids is 3. The van der Waals surface area contributed by atoms with Crippen molar-refractivity contribution in [1.29, 1.82) is 0 Å². The number of nitrogens with zero attached hydrogens (tertiary/aromatic N) is 1. The lowest BCUT2D eigenvalue weighted by molar-refractivity contribution is -0.137. The lowest BCUT2D eigenvalue weighted by Gasteiger charge is -2.34. The number of ether oxygens (including phenoxy) is 1. The minimum atomic E-state index is -0.680. The average molecular weight is 333 g/mol. The molecule has 2 rings (SSSR count). The Balaban J connectivity index is 1.86. The Hall–Kier alpha value is -2.57. The summed E-state index contributed by atoms with van der Waals surface area (Å²) in [4.78, 5) is 36.7. The van der Waals surface area contributed by atoms with Crippen LogP contribution in [-0.4, -0.2) is 42.5 Å². The number of hydrogen-bond donors (Lipinski definition) is 2. The van der Waals surface area contributed by atoms with Crippen molar-refractivity contribution < 1.29 is 19.1 Å². The Morgan fingerprint density at radius 1 is 1.17 bits per heavy atom. The van der Waals surface area contributed by atoms with Gasteiger partial charge in [0.05, 0.1) is 5.56 Å². The normalized spacial score (nSPS) is 20.3. The van der Waals surface area contributed by atoms with Crippen molar-refractivity contribution in [1.82, 2.24) is 4.90 Å². The van der Waals surface area contributed by atoms with Gasteiger partial charge in [-0.05, 0) is 42.5 Å². The number of carbonyl (C=O) groups is 3. The van der Waals surface area contributed by atoms with Crippen LogP contribution in [0.25, 0.3) is 0 Å². The fraction of sp³-hybridized carbons (Fsp3) is 0.471. The highest BCUT2D eigenvalue weighted by molar-refractivity contribution is 5.93. The summed E-state index contributed by atoms with van der Waals surface area (Å²) in [7, 11) is 0. The number of primary amides is 1. The molecule has 7 heteroatoms. The number of hydrogen-bond acceptors (Lipinski definition) is 4. The number of urea groups is 1. The second-order valence-corrected chi connectivity index (χ2v) is 6.39. The Bertz CT molecular complexity index is 605. The zero-order valence-corrected chi connectivity index (χ0v) is 14.0. The van der Waals surface area contributed by atoms with E-state index in [0.717, 1.165) is 6.42 Å². The summed E-state index contributed by atoms with van der Waals surface area (Å²) in [6, 6.07) is 5.40. The smallest absolute Gasteiger partial charge is 0.338 e. The van der Waals surface area contributed by atoms with Crippen LogP contribution in [0.1, 0.15) is 30.6 Å². The predicted molar refractivity (Wildman–Crippen MR) is 89.5 cm³/mol. The quantitative estimate of drug-likeness (QED) is 0.821. The maximum atomic E-state index is 12.2. The van der Waals surface area contributed by atoms with Gasteiger partial charge < -0.3 is 20.7 Å². The first kappa shape index (κ1) is 17.8. The molecule has 0 bridgehead atoms. The summed E-state index contributed by atoms with van der Waals surface area (Å²) in [5.74, 6) is 0.165. The number of esters is 1. The molecule has 0 spiro atoms. The van der Waals surface area contributed by atoms with Crippen molar-refractivity contribution in [3.8, 4) is 0 Å². The third kappa shape index (κ3) is 4.97. The number of nitrogens with one attached hydrogen (secondary N) is 1. The van der Waals surface area contributed by atoms with Gasteiger partial charge in [-0.25, -0.2) is 9.59 Å². The standard InChI is InChI=1S/C17H23N3O4/c1-11-7-12(2)9-20(8-11)15(21)10-24-16(22)13-3-5-14(6-4-13)19-17(18)23/h3-6,11-12H,7-10H2,1-2H3,(H3,18,19,23)/t11-,12-/m1/s1. The lowest BCUT2D eigenvalue weighted by Crippen LogP contribution is -2.44. The molecule has 0 saturated carbocycles. The molecule has 3 amide bonds. The number of nitrogens with two attached hydrogens (primary N) is 1. The van der Waals surface area contributed by atoms with Gasteiger partial charge in [0.15, 0.2) is 6.61 Å². The highest BCUT2D eigenvalue weighted by Gasteiger charge is 2.26. The lowest BCUT2D eigenvalue weighted by atomic mass is 9.92. The Kier molecular flexibility index (Phi) is 5.78. The molecule has 1 heterocycles. The third-order valence-corrected chi connectivity index (χ3v) is 3.94. The number of rotatable bonds is 4. The van der Waals surface area contributed by atoms with E-state index in [1.165, 1.54) is 24.3 Å². The number of benzene rings is 1. The highest BCUT2D eigenvalue weighted by Crippen LogP contribution is 2.21. The van der Waals surface area contributed by atoms with Gasteiger partial charge >= 0.3 is 12.0 Å². The molecule has 1 fully saturated rings. The van der Waals surface area contributed by atoms with Crippen molar-refractivity contribution in [3.63, 3.8) is 0 Å². The number of likely N-dealkylation sites (tertiary alicyclic amines) is 1. The minimum Gasteiger partial charge on any atom is -0.452 e. The van der Waals surface area contributed by atoms with Gasteiger partial charge in [-0.2, -0.15) is 0 Å². The topological polar surface area (TPSA) is 102 Å². The molecule has 130 valence electrons. The van der Waals surface area contributed by atoms with Crippen LogP contribution in [-0.2, 0) is 9.53 Å². The minimum absolute atomic E-state index is 0.172. The maximum absolute atomic E-state index is 12.2. The van der Waals surface area contributed by atoms with Gasteiger partial charge in [0.2, 0.25) is 0 Å². The van der Waals surface area contributed by atoms with Crippen LogP contribution in [0.5, 0.6) is 0 Å². The summed E-state index contributed by atoms with van der Waals surface area (Å²) in [5, 5.41) is 2.40. The van der Waals surface area contributed by atoms with Crippen LogP contribution in [0.2, 0.25) is 0 Å². The Morgan fingerprint density at radius 2 is 1.75 bits per heavy atom. The molecule has 24 heavy (non-hydrogen) atoms. The number of amides is 3. The Morgan fingerprint density at radius 3 is 2.29 bits per heavy atom. The van der Waals surface area contributed by atoms with E-state index in [9.17, 15) is 14.4 Å². The molecule has 1 aliphatic heterocycles. The first-order chi connectivity index (χ1) is 11.3. The molecule has 7 nitrogen and oxygen atoms in total. The summed E-state index contributed by atoms with van der Waals surface area (Å²) >= 11 is 0. The molecule has 2 atom stereocenters. The van der Waals surface area contributed by atoms with Crippen LogP contribution in [0.4, 0.5) is 10.5 Å². The highest BCUT2D eigenvalue weighted by atomic mass is 16.5. The molecule has 0 aliphatic carbocycles. The molecule has 0 radical (unpaired) electrons. The van der Waals surface area contributed by atoms with E-state index in [-0.39, 0.29) is 12.5 Å². The van der Waals surface area contributed by atoms with Gasteiger partial charge in [-0.15, -0.1) is 0 Å². The predicted octanol–water partition coefficient (Wildman–Crippen LogP) is 1.84.